The monoisotopic (exact) mass is 314 g/mol. The Morgan fingerprint density at radius 2 is 1.94 bits per heavy atom. The molecule has 0 bridgehead atoms. The zero-order valence-corrected chi connectivity index (χ0v) is 16.5. The molecule has 92 valence electrons. The fraction of sp³-hybridized carbons (Fsp3) is 0.562. The molecular formula is C16H21ORb. The van der Waals surface area contributed by atoms with E-state index in [1.807, 2.05) is 0 Å². The summed E-state index contributed by atoms with van der Waals surface area (Å²) in [7, 11) is 0. The maximum atomic E-state index is 6.24. The van der Waals surface area contributed by atoms with Crippen LogP contribution in [0.25, 0.3) is 0 Å². The Labute approximate surface area is 159 Å². The van der Waals surface area contributed by atoms with E-state index in [0.717, 1.165) is 11.7 Å². The minimum absolute atomic E-state index is 0. The van der Waals surface area contributed by atoms with Crippen molar-refractivity contribution in [3.8, 4) is 5.75 Å². The Morgan fingerprint density at radius 3 is 2.72 bits per heavy atom. The van der Waals surface area contributed by atoms with Gasteiger partial charge in [-0.3, -0.25) is 0 Å². The van der Waals surface area contributed by atoms with Gasteiger partial charge in [0.2, 0.25) is 0 Å². The summed E-state index contributed by atoms with van der Waals surface area (Å²) in [6.07, 6.45) is 10.5. The van der Waals surface area contributed by atoms with E-state index in [4.69, 9.17) is 4.74 Å². The van der Waals surface area contributed by atoms with Gasteiger partial charge in [-0.15, -0.1) is 0 Å². The normalized spacial score (nSPS) is 23.7. The smallest absolute Gasteiger partial charge is 0.490 e. The third-order valence-corrected chi connectivity index (χ3v) is 4.21. The molecule has 0 spiro atoms. The van der Waals surface area contributed by atoms with Crippen molar-refractivity contribution >= 4 is 0 Å². The molecule has 1 aromatic carbocycles. The number of hydrogen-bond donors (Lipinski definition) is 0. The first-order chi connectivity index (χ1) is 8.33. The van der Waals surface area contributed by atoms with Gasteiger partial charge in [0.15, 0.2) is 0 Å². The zero-order chi connectivity index (χ0) is 11.7. The summed E-state index contributed by atoms with van der Waals surface area (Å²) in [6, 6.07) is 6.63. The van der Waals surface area contributed by atoms with Gasteiger partial charge >= 0.3 is 58.2 Å². The van der Waals surface area contributed by atoms with Crippen LogP contribution in [-0.4, -0.2) is 6.10 Å². The van der Waals surface area contributed by atoms with Crippen molar-refractivity contribution in [2.24, 2.45) is 5.92 Å². The molecule has 1 unspecified atom stereocenters. The van der Waals surface area contributed by atoms with Gasteiger partial charge in [0.25, 0.3) is 0 Å². The van der Waals surface area contributed by atoms with E-state index < -0.39 is 0 Å². The molecule has 2 aliphatic rings. The average molecular weight is 315 g/mol. The second kappa shape index (κ2) is 7.01. The largest absolute Gasteiger partial charge is 1.00 e. The first-order valence-corrected chi connectivity index (χ1v) is 6.91. The molecule has 2 heteroatoms. The third kappa shape index (κ3) is 3.47. The van der Waals surface area contributed by atoms with Gasteiger partial charge in [0.1, 0.15) is 11.9 Å². The van der Waals surface area contributed by atoms with Crippen molar-refractivity contribution in [2.45, 2.75) is 51.6 Å². The molecule has 1 fully saturated rings. The number of benzene rings is 1. The van der Waals surface area contributed by atoms with Gasteiger partial charge < -0.3 is 11.2 Å². The Bertz CT molecular complexity index is 396. The summed E-state index contributed by atoms with van der Waals surface area (Å²) < 4.78 is 6.24. The summed E-state index contributed by atoms with van der Waals surface area (Å²) in [5.41, 5.74) is 2.70. The molecule has 0 amide bonds. The molecule has 0 saturated heterocycles. The fourth-order valence-electron chi connectivity index (χ4n) is 3.15. The summed E-state index contributed by atoms with van der Waals surface area (Å²) in [6.45, 7) is 2.14. The molecule has 1 nitrogen and oxygen atoms in total. The molecule has 1 atom stereocenters. The summed E-state index contributed by atoms with van der Waals surface area (Å²) in [5.74, 6) is 1.93. The molecule has 0 aromatic heterocycles. The van der Waals surface area contributed by atoms with Crippen LogP contribution in [0.3, 0.4) is 0 Å². The van der Waals surface area contributed by atoms with E-state index in [0.29, 0.717) is 6.10 Å². The minimum atomic E-state index is 0. The van der Waals surface area contributed by atoms with Gasteiger partial charge in [0.05, 0.1) is 0 Å². The second-order valence-electron chi connectivity index (χ2n) is 5.51. The summed E-state index contributed by atoms with van der Waals surface area (Å²) in [5, 5.41) is 0. The Hall–Kier alpha value is 0.825. The average Bonchev–Trinajstić information content (AvgIpc) is 2.39. The predicted octanol–water partition coefficient (Wildman–Crippen LogP) is 1.09. The maximum absolute atomic E-state index is 6.24. The van der Waals surface area contributed by atoms with Gasteiger partial charge in [-0.25, -0.2) is 0 Å². The van der Waals surface area contributed by atoms with Gasteiger partial charge in [0, 0.05) is 0 Å². The van der Waals surface area contributed by atoms with Crippen molar-refractivity contribution in [3.63, 3.8) is 0 Å². The number of aryl methyl sites for hydroxylation is 2. The molecule has 1 aromatic rings. The molecule has 18 heavy (non-hydrogen) atoms. The molecule has 1 aliphatic heterocycles. The first kappa shape index (κ1) is 15.2. The maximum Gasteiger partial charge on any atom is 1.00 e. The fourth-order valence-corrected chi connectivity index (χ4v) is 3.15. The van der Waals surface area contributed by atoms with Gasteiger partial charge in [-0.05, 0) is 42.9 Å². The third-order valence-electron chi connectivity index (χ3n) is 4.21. The minimum Gasteiger partial charge on any atom is -0.490 e. The molecule has 0 N–H and O–H groups in total. The van der Waals surface area contributed by atoms with Crippen LogP contribution in [-0.2, 0) is 6.42 Å². The second-order valence-corrected chi connectivity index (χ2v) is 5.51. The number of rotatable bonds is 1. The van der Waals surface area contributed by atoms with E-state index in [1.165, 1.54) is 49.7 Å². The van der Waals surface area contributed by atoms with E-state index in [2.05, 4.69) is 31.5 Å². The van der Waals surface area contributed by atoms with E-state index >= 15 is 0 Å². The number of hydrogen-bond acceptors (Lipinski definition) is 1. The van der Waals surface area contributed by atoms with E-state index in [1.54, 1.807) is 0 Å². The van der Waals surface area contributed by atoms with Crippen LogP contribution in [0, 0.1) is 19.3 Å². The SMILES string of the molecule is Cc1ccc2c(c1)OC(C1CC[CH-]CC1)CC2.[Rb+]. The summed E-state index contributed by atoms with van der Waals surface area (Å²) >= 11 is 0. The topological polar surface area (TPSA) is 9.23 Å². The van der Waals surface area contributed by atoms with Crippen LogP contribution >= 0.6 is 0 Å². The summed E-state index contributed by atoms with van der Waals surface area (Å²) in [4.78, 5) is 0. The van der Waals surface area contributed by atoms with Crippen LogP contribution < -0.4 is 62.9 Å². The Kier molecular flexibility index (Phi) is 5.93. The number of fused-ring (bicyclic) bond motifs is 1. The quantitative estimate of drug-likeness (QED) is 0.705. The molecule has 1 aliphatic carbocycles. The van der Waals surface area contributed by atoms with E-state index in [9.17, 15) is 0 Å². The molecule has 0 radical (unpaired) electrons. The molecule has 1 saturated carbocycles. The van der Waals surface area contributed by atoms with Crippen LogP contribution in [0.4, 0.5) is 0 Å². The van der Waals surface area contributed by atoms with E-state index in [-0.39, 0.29) is 58.2 Å². The van der Waals surface area contributed by atoms with Crippen LogP contribution in [0.5, 0.6) is 5.75 Å². The number of ether oxygens (including phenoxy) is 1. The van der Waals surface area contributed by atoms with Gasteiger partial charge in [-0.1, -0.05) is 25.0 Å². The Morgan fingerprint density at radius 1 is 1.17 bits per heavy atom. The first-order valence-electron chi connectivity index (χ1n) is 6.91. The van der Waals surface area contributed by atoms with Crippen molar-refractivity contribution in [1.29, 1.82) is 0 Å². The predicted molar refractivity (Wildman–Crippen MR) is 70.2 cm³/mol. The van der Waals surface area contributed by atoms with Crippen molar-refractivity contribution < 1.29 is 62.9 Å². The zero-order valence-electron chi connectivity index (χ0n) is 11.6. The molecular weight excluding hydrogens is 294 g/mol. The van der Waals surface area contributed by atoms with Crippen LogP contribution in [0.1, 0.15) is 43.2 Å². The molecule has 3 rings (SSSR count). The van der Waals surface area contributed by atoms with Crippen LogP contribution in [0.15, 0.2) is 18.2 Å². The van der Waals surface area contributed by atoms with Gasteiger partial charge in [-0.2, -0.15) is 12.8 Å². The van der Waals surface area contributed by atoms with Crippen molar-refractivity contribution in [2.75, 3.05) is 0 Å². The van der Waals surface area contributed by atoms with Crippen LogP contribution in [0.2, 0.25) is 0 Å². The van der Waals surface area contributed by atoms with Crippen molar-refractivity contribution in [3.05, 3.63) is 35.7 Å². The Balaban J connectivity index is 0.00000120. The van der Waals surface area contributed by atoms with Crippen molar-refractivity contribution in [1.82, 2.24) is 0 Å². The standard InChI is InChI=1S/C16H21O.Rb/c1-12-7-8-14-9-10-15(17-16(14)11-12)13-5-3-2-4-6-13;/h2,7-8,11,13,15H,3-6,9-10H2,1H3;/q-1;+1. The molecule has 1 heterocycles.